The molecule has 7 heteroatoms. The normalized spacial score (nSPS) is 12.8. The van der Waals surface area contributed by atoms with E-state index in [1.165, 1.54) is 12.1 Å². The van der Waals surface area contributed by atoms with Crippen LogP contribution >= 0.6 is 0 Å². The lowest BCUT2D eigenvalue weighted by molar-refractivity contribution is 0.0534. The van der Waals surface area contributed by atoms with E-state index in [4.69, 9.17) is 4.74 Å². The quantitative estimate of drug-likeness (QED) is 0.901. The molecule has 122 valence electrons. The van der Waals surface area contributed by atoms with E-state index in [1.807, 2.05) is 0 Å². The highest BCUT2D eigenvalue weighted by Gasteiger charge is 2.17. The van der Waals surface area contributed by atoms with E-state index in [0.717, 1.165) is 6.08 Å². The summed E-state index contributed by atoms with van der Waals surface area (Å²) in [6.45, 7) is 4.96. The Hall–Kier alpha value is -1.89. The number of sulfone groups is 1. The number of benzene rings is 1. The van der Waals surface area contributed by atoms with Crippen molar-refractivity contribution in [3.05, 3.63) is 42.2 Å². The molecule has 0 saturated carbocycles. The maximum Gasteiger partial charge on any atom is 0.407 e. The van der Waals surface area contributed by atoms with Gasteiger partial charge in [0.2, 0.25) is 0 Å². The Kier molecular flexibility index (Phi) is 6.11. The molecule has 0 saturated heterocycles. The average Bonchev–Trinajstić information content (AvgIpc) is 2.37. The van der Waals surface area contributed by atoms with Gasteiger partial charge in [-0.15, -0.1) is 0 Å². The Morgan fingerprint density at radius 2 is 1.86 bits per heavy atom. The van der Waals surface area contributed by atoms with E-state index < -0.39 is 33.1 Å². The number of hydrogen-bond acceptors (Lipinski definition) is 4. The minimum absolute atomic E-state index is 0.0543. The summed E-state index contributed by atoms with van der Waals surface area (Å²) in [5.74, 6) is -1.58. The number of rotatable bonds is 5. The average molecular weight is 329 g/mol. The van der Waals surface area contributed by atoms with E-state index in [1.54, 1.807) is 39.0 Å². The lowest BCUT2D eigenvalue weighted by atomic mass is 10.2. The van der Waals surface area contributed by atoms with Gasteiger partial charge in [-0.05, 0) is 39.0 Å². The molecule has 0 unspecified atom stereocenters. The maximum absolute atomic E-state index is 13.7. The minimum atomic E-state index is -3.73. The highest BCUT2D eigenvalue weighted by Crippen LogP contribution is 2.14. The molecule has 0 aliphatic heterocycles. The summed E-state index contributed by atoms with van der Waals surface area (Å²) < 4.78 is 42.5. The molecule has 0 heterocycles. The molecule has 5 nitrogen and oxygen atoms in total. The largest absolute Gasteiger partial charge is 0.444 e. The molecule has 0 atom stereocenters. The monoisotopic (exact) mass is 329 g/mol. The summed E-state index contributed by atoms with van der Waals surface area (Å²) in [5.41, 5.74) is -0.650. The van der Waals surface area contributed by atoms with Crippen molar-refractivity contribution in [1.29, 1.82) is 0 Å². The lowest BCUT2D eigenvalue weighted by Gasteiger charge is -2.19. The second kappa shape index (κ2) is 7.40. The molecule has 0 aliphatic carbocycles. The zero-order valence-corrected chi connectivity index (χ0v) is 13.6. The van der Waals surface area contributed by atoms with Gasteiger partial charge in [-0.3, -0.25) is 0 Å². The number of halogens is 1. The first kappa shape index (κ1) is 18.2. The fourth-order valence-electron chi connectivity index (χ4n) is 1.51. The Morgan fingerprint density at radius 1 is 1.27 bits per heavy atom. The topological polar surface area (TPSA) is 72.5 Å². The SMILES string of the molecule is CC(C)(C)OC(=O)NCC=C(F)CS(=O)(=O)c1ccccc1. The summed E-state index contributed by atoms with van der Waals surface area (Å²) in [5, 5.41) is 2.32. The number of nitrogens with one attached hydrogen (secondary N) is 1. The molecule has 0 aliphatic rings. The summed E-state index contributed by atoms with van der Waals surface area (Å²) in [6, 6.07) is 7.62. The fourth-order valence-corrected chi connectivity index (χ4v) is 2.73. The number of carbonyl (C=O) groups excluding carboxylic acids is 1. The van der Waals surface area contributed by atoms with Crippen molar-refractivity contribution >= 4 is 15.9 Å². The van der Waals surface area contributed by atoms with Crippen molar-refractivity contribution < 1.29 is 22.3 Å². The number of ether oxygens (including phenoxy) is 1. The van der Waals surface area contributed by atoms with Crippen LogP contribution < -0.4 is 5.32 Å². The second-order valence-corrected chi connectivity index (χ2v) is 7.60. The fraction of sp³-hybridized carbons (Fsp3) is 0.400. The number of alkyl carbamates (subject to hydrolysis) is 1. The van der Waals surface area contributed by atoms with Crippen LogP contribution in [0.2, 0.25) is 0 Å². The summed E-state index contributed by atoms with van der Waals surface area (Å²) in [4.78, 5) is 11.4. The van der Waals surface area contributed by atoms with Gasteiger partial charge >= 0.3 is 6.09 Å². The molecule has 1 rings (SSSR count). The first-order valence-electron chi connectivity index (χ1n) is 6.69. The molecule has 0 bridgehead atoms. The summed E-state index contributed by atoms with van der Waals surface area (Å²) in [6.07, 6.45) is 0.312. The Labute approximate surface area is 130 Å². The van der Waals surface area contributed by atoms with E-state index in [2.05, 4.69) is 5.32 Å². The van der Waals surface area contributed by atoms with Crippen molar-refractivity contribution in [2.45, 2.75) is 31.3 Å². The molecule has 0 fully saturated rings. The number of amides is 1. The Morgan fingerprint density at radius 3 is 2.41 bits per heavy atom. The maximum atomic E-state index is 13.7. The smallest absolute Gasteiger partial charge is 0.407 e. The standard InChI is InChI=1S/C15H20FNO4S/c1-15(2,3)21-14(18)17-10-9-12(16)11-22(19,20)13-7-5-4-6-8-13/h4-9H,10-11H2,1-3H3,(H,17,18). The third-order valence-corrected chi connectivity index (χ3v) is 4.05. The van der Waals surface area contributed by atoms with Gasteiger partial charge in [-0.1, -0.05) is 18.2 Å². The molecule has 1 aromatic rings. The highest BCUT2D eigenvalue weighted by atomic mass is 32.2. The predicted octanol–water partition coefficient (Wildman–Crippen LogP) is 2.84. The van der Waals surface area contributed by atoms with E-state index in [9.17, 15) is 17.6 Å². The zero-order valence-electron chi connectivity index (χ0n) is 12.8. The molecular formula is C15H20FNO4S. The van der Waals surface area contributed by atoms with Crippen molar-refractivity contribution in [1.82, 2.24) is 5.32 Å². The highest BCUT2D eigenvalue weighted by molar-refractivity contribution is 7.91. The molecule has 1 aromatic carbocycles. The summed E-state index contributed by atoms with van der Waals surface area (Å²) in [7, 11) is -3.73. The van der Waals surface area contributed by atoms with Crippen LogP contribution in [0.1, 0.15) is 20.8 Å². The van der Waals surface area contributed by atoms with Crippen molar-refractivity contribution in [2.24, 2.45) is 0 Å². The third-order valence-electron chi connectivity index (χ3n) is 2.40. The van der Waals surface area contributed by atoms with Gasteiger partial charge in [-0.2, -0.15) is 0 Å². The van der Waals surface area contributed by atoms with Gasteiger partial charge in [-0.25, -0.2) is 17.6 Å². The first-order chi connectivity index (χ1) is 10.1. The van der Waals surface area contributed by atoms with Gasteiger partial charge in [0, 0.05) is 6.54 Å². The first-order valence-corrected chi connectivity index (χ1v) is 8.34. The van der Waals surface area contributed by atoms with Gasteiger partial charge in [0.1, 0.15) is 17.2 Å². The zero-order chi connectivity index (χ0) is 16.8. The van der Waals surface area contributed by atoms with Crippen LogP contribution in [0.25, 0.3) is 0 Å². The van der Waals surface area contributed by atoms with Crippen LogP contribution in [0.15, 0.2) is 47.1 Å². The van der Waals surface area contributed by atoms with Crippen LogP contribution in [-0.4, -0.2) is 32.4 Å². The molecule has 1 amide bonds. The molecule has 0 radical (unpaired) electrons. The predicted molar refractivity (Wildman–Crippen MR) is 81.9 cm³/mol. The Bertz CT molecular complexity index is 633. The molecular weight excluding hydrogens is 309 g/mol. The van der Waals surface area contributed by atoms with Crippen molar-refractivity contribution in [3.63, 3.8) is 0 Å². The third kappa shape index (κ3) is 6.71. The minimum Gasteiger partial charge on any atom is -0.444 e. The number of carbonyl (C=O) groups is 1. The molecule has 0 aromatic heterocycles. The summed E-state index contributed by atoms with van der Waals surface area (Å²) >= 11 is 0. The van der Waals surface area contributed by atoms with Crippen LogP contribution in [0, 0.1) is 0 Å². The van der Waals surface area contributed by atoms with Gasteiger partial charge < -0.3 is 10.1 Å². The Balaban J connectivity index is 2.55. The lowest BCUT2D eigenvalue weighted by Crippen LogP contribution is -2.32. The van der Waals surface area contributed by atoms with Crippen molar-refractivity contribution in [3.8, 4) is 0 Å². The van der Waals surface area contributed by atoms with Crippen LogP contribution in [0.5, 0.6) is 0 Å². The second-order valence-electron chi connectivity index (χ2n) is 5.61. The van der Waals surface area contributed by atoms with E-state index in [-0.39, 0.29) is 11.4 Å². The van der Waals surface area contributed by atoms with Crippen LogP contribution in [0.4, 0.5) is 9.18 Å². The van der Waals surface area contributed by atoms with E-state index >= 15 is 0 Å². The molecule has 1 N–H and O–H groups in total. The molecule has 0 spiro atoms. The van der Waals surface area contributed by atoms with E-state index in [0.29, 0.717) is 0 Å². The number of hydrogen-bond donors (Lipinski definition) is 1. The van der Waals surface area contributed by atoms with Crippen LogP contribution in [-0.2, 0) is 14.6 Å². The molecule has 22 heavy (non-hydrogen) atoms. The van der Waals surface area contributed by atoms with Gasteiger partial charge in [0.05, 0.1) is 4.90 Å². The van der Waals surface area contributed by atoms with Crippen molar-refractivity contribution in [2.75, 3.05) is 12.3 Å². The van der Waals surface area contributed by atoms with Gasteiger partial charge in [0.15, 0.2) is 9.84 Å². The van der Waals surface area contributed by atoms with Crippen LogP contribution in [0.3, 0.4) is 0 Å². The van der Waals surface area contributed by atoms with Gasteiger partial charge in [0.25, 0.3) is 0 Å².